The van der Waals surface area contributed by atoms with E-state index in [9.17, 15) is 14.0 Å². The highest BCUT2D eigenvalue weighted by Gasteiger charge is 2.19. The highest BCUT2D eigenvalue weighted by molar-refractivity contribution is 6.07. The van der Waals surface area contributed by atoms with Crippen LogP contribution in [-0.4, -0.2) is 30.6 Å². The summed E-state index contributed by atoms with van der Waals surface area (Å²) in [5.74, 6) is -1.62. The summed E-state index contributed by atoms with van der Waals surface area (Å²) in [6.07, 6.45) is 1.36. The van der Waals surface area contributed by atoms with Crippen molar-refractivity contribution in [3.05, 3.63) is 65.6 Å². The minimum atomic E-state index is -0.603. The Bertz CT molecular complexity index is 1020. The summed E-state index contributed by atoms with van der Waals surface area (Å²) in [7, 11) is 1.28. The lowest BCUT2D eigenvalue weighted by Crippen LogP contribution is -2.10. The number of hydrogen-bond donors (Lipinski definition) is 1. The SMILES string of the molecule is CCOC(=O)c1cnc2ccc(C(=O)OC)cc2c1Nc1ccccc1F. The zero-order chi connectivity index (χ0) is 19.4. The van der Waals surface area contributed by atoms with Crippen molar-refractivity contribution in [1.82, 2.24) is 4.98 Å². The number of halogens is 1. The number of aromatic nitrogens is 1. The van der Waals surface area contributed by atoms with Crippen LogP contribution in [0.15, 0.2) is 48.7 Å². The largest absolute Gasteiger partial charge is 0.465 e. The van der Waals surface area contributed by atoms with Crippen LogP contribution in [0.3, 0.4) is 0 Å². The van der Waals surface area contributed by atoms with Crippen molar-refractivity contribution < 1.29 is 23.5 Å². The maximum absolute atomic E-state index is 14.1. The second-order valence-electron chi connectivity index (χ2n) is 5.60. The van der Waals surface area contributed by atoms with Gasteiger partial charge in [0.25, 0.3) is 0 Å². The van der Waals surface area contributed by atoms with Crippen LogP contribution in [0.1, 0.15) is 27.6 Å². The van der Waals surface area contributed by atoms with Gasteiger partial charge < -0.3 is 14.8 Å². The molecule has 0 saturated carbocycles. The molecule has 3 rings (SSSR count). The first-order chi connectivity index (χ1) is 13.0. The smallest absolute Gasteiger partial charge is 0.341 e. The second kappa shape index (κ2) is 7.82. The molecule has 1 N–H and O–H groups in total. The van der Waals surface area contributed by atoms with Gasteiger partial charge in [0.15, 0.2) is 0 Å². The Morgan fingerprint density at radius 3 is 2.63 bits per heavy atom. The fraction of sp³-hybridized carbons (Fsp3) is 0.150. The normalized spacial score (nSPS) is 10.5. The van der Waals surface area contributed by atoms with E-state index in [1.165, 1.54) is 19.4 Å². The van der Waals surface area contributed by atoms with Gasteiger partial charge in [0.2, 0.25) is 0 Å². The Kier molecular flexibility index (Phi) is 5.30. The molecule has 7 heteroatoms. The van der Waals surface area contributed by atoms with Crippen molar-refractivity contribution in [1.29, 1.82) is 0 Å². The zero-order valence-corrected chi connectivity index (χ0v) is 14.8. The lowest BCUT2D eigenvalue weighted by Gasteiger charge is -2.15. The third-order valence-electron chi connectivity index (χ3n) is 3.92. The van der Waals surface area contributed by atoms with Crippen molar-refractivity contribution >= 4 is 34.2 Å². The molecule has 6 nitrogen and oxygen atoms in total. The number of ether oxygens (including phenoxy) is 2. The molecule has 27 heavy (non-hydrogen) atoms. The molecule has 0 radical (unpaired) electrons. The lowest BCUT2D eigenvalue weighted by molar-refractivity contribution is 0.0526. The summed E-state index contributed by atoms with van der Waals surface area (Å²) in [6.45, 7) is 1.86. The van der Waals surface area contributed by atoms with Gasteiger partial charge in [-0.3, -0.25) is 4.98 Å². The van der Waals surface area contributed by atoms with Gasteiger partial charge in [-0.2, -0.15) is 0 Å². The molecular formula is C20H17FN2O4. The van der Waals surface area contributed by atoms with Crippen molar-refractivity contribution in [3.63, 3.8) is 0 Å². The summed E-state index contributed by atoms with van der Waals surface area (Å²) in [5.41, 5.74) is 1.42. The van der Waals surface area contributed by atoms with Gasteiger partial charge in [0, 0.05) is 11.6 Å². The number of methoxy groups -OCH3 is 1. The number of benzene rings is 2. The predicted octanol–water partition coefficient (Wildman–Crippen LogP) is 4.08. The van der Waals surface area contributed by atoms with E-state index < -0.39 is 17.8 Å². The molecule has 2 aromatic carbocycles. The molecule has 1 heterocycles. The Morgan fingerprint density at radius 2 is 1.93 bits per heavy atom. The van der Waals surface area contributed by atoms with Gasteiger partial charge in [-0.15, -0.1) is 0 Å². The summed E-state index contributed by atoms with van der Waals surface area (Å²) >= 11 is 0. The highest BCUT2D eigenvalue weighted by Crippen LogP contribution is 2.31. The molecule has 0 unspecified atom stereocenters. The van der Waals surface area contributed by atoms with Gasteiger partial charge in [-0.05, 0) is 37.3 Å². The van der Waals surface area contributed by atoms with Crippen LogP contribution in [-0.2, 0) is 9.47 Å². The average molecular weight is 368 g/mol. The predicted molar refractivity (Wildman–Crippen MR) is 98.7 cm³/mol. The standard InChI is InChI=1S/C20H17FN2O4/c1-3-27-20(25)14-11-22-16-9-8-12(19(24)26-2)10-13(16)18(14)23-17-7-5-4-6-15(17)21/h4-11H,3H2,1-2H3,(H,22,23). The van der Waals surface area contributed by atoms with E-state index in [1.807, 2.05) is 0 Å². The monoisotopic (exact) mass is 368 g/mol. The van der Waals surface area contributed by atoms with Crippen molar-refractivity contribution in [2.45, 2.75) is 6.92 Å². The number of para-hydroxylation sites is 1. The maximum Gasteiger partial charge on any atom is 0.341 e. The number of fused-ring (bicyclic) bond motifs is 1. The van der Waals surface area contributed by atoms with Crippen LogP contribution in [0.4, 0.5) is 15.8 Å². The first-order valence-corrected chi connectivity index (χ1v) is 8.25. The fourth-order valence-electron chi connectivity index (χ4n) is 2.63. The van der Waals surface area contributed by atoms with Crippen LogP contribution < -0.4 is 5.32 Å². The number of pyridine rings is 1. The third kappa shape index (κ3) is 3.72. The quantitative estimate of drug-likeness (QED) is 0.684. The van der Waals surface area contributed by atoms with E-state index in [0.29, 0.717) is 16.6 Å². The molecule has 0 saturated heterocycles. The Balaban J connectivity index is 2.22. The molecule has 138 valence electrons. The number of esters is 2. The van der Waals surface area contributed by atoms with Gasteiger partial charge in [0.1, 0.15) is 11.4 Å². The molecule has 0 aliphatic heterocycles. The average Bonchev–Trinajstić information content (AvgIpc) is 2.69. The number of hydrogen-bond acceptors (Lipinski definition) is 6. The molecule has 0 spiro atoms. The van der Waals surface area contributed by atoms with Crippen molar-refractivity contribution in [3.8, 4) is 0 Å². The van der Waals surface area contributed by atoms with E-state index in [1.54, 1.807) is 43.3 Å². The van der Waals surface area contributed by atoms with Crippen LogP contribution in [0, 0.1) is 5.82 Å². The Morgan fingerprint density at radius 1 is 1.15 bits per heavy atom. The van der Waals surface area contributed by atoms with Crippen LogP contribution in [0.2, 0.25) is 0 Å². The molecule has 3 aromatic rings. The molecule has 0 atom stereocenters. The maximum atomic E-state index is 14.1. The molecule has 0 fully saturated rings. The summed E-state index contributed by atoms with van der Waals surface area (Å²) in [5, 5.41) is 3.40. The Labute approximate surface area is 154 Å². The molecule has 0 bridgehead atoms. The second-order valence-corrected chi connectivity index (χ2v) is 5.60. The number of carbonyl (C=O) groups excluding carboxylic acids is 2. The van der Waals surface area contributed by atoms with E-state index in [-0.39, 0.29) is 23.4 Å². The number of nitrogens with zero attached hydrogens (tertiary/aromatic N) is 1. The zero-order valence-electron chi connectivity index (χ0n) is 14.8. The number of anilines is 2. The Hall–Kier alpha value is -3.48. The number of rotatable bonds is 5. The van der Waals surface area contributed by atoms with E-state index in [0.717, 1.165) is 0 Å². The summed E-state index contributed by atoms with van der Waals surface area (Å²) in [6, 6.07) is 10.8. The molecule has 0 amide bonds. The van der Waals surface area contributed by atoms with E-state index in [2.05, 4.69) is 10.3 Å². The van der Waals surface area contributed by atoms with Gasteiger partial charge in [-0.25, -0.2) is 14.0 Å². The molecular weight excluding hydrogens is 351 g/mol. The third-order valence-corrected chi connectivity index (χ3v) is 3.92. The fourth-order valence-corrected chi connectivity index (χ4v) is 2.63. The van der Waals surface area contributed by atoms with Gasteiger partial charge in [-0.1, -0.05) is 12.1 Å². The number of carbonyl (C=O) groups is 2. The van der Waals surface area contributed by atoms with Crippen LogP contribution in [0.25, 0.3) is 10.9 Å². The molecule has 0 aliphatic carbocycles. The topological polar surface area (TPSA) is 77.5 Å². The summed E-state index contributed by atoms with van der Waals surface area (Å²) < 4.78 is 24.0. The van der Waals surface area contributed by atoms with Crippen LogP contribution in [0.5, 0.6) is 0 Å². The molecule has 1 aromatic heterocycles. The van der Waals surface area contributed by atoms with E-state index >= 15 is 0 Å². The molecule has 0 aliphatic rings. The number of nitrogens with one attached hydrogen (secondary N) is 1. The highest BCUT2D eigenvalue weighted by atomic mass is 19.1. The summed E-state index contributed by atoms with van der Waals surface area (Å²) in [4.78, 5) is 28.5. The first-order valence-electron chi connectivity index (χ1n) is 8.25. The van der Waals surface area contributed by atoms with Gasteiger partial charge in [0.05, 0.1) is 36.2 Å². The minimum absolute atomic E-state index is 0.134. The lowest BCUT2D eigenvalue weighted by atomic mass is 10.1. The van der Waals surface area contributed by atoms with Crippen LogP contribution >= 0.6 is 0 Å². The van der Waals surface area contributed by atoms with Gasteiger partial charge >= 0.3 is 11.9 Å². The van der Waals surface area contributed by atoms with E-state index in [4.69, 9.17) is 9.47 Å². The van der Waals surface area contributed by atoms with Crippen molar-refractivity contribution in [2.75, 3.05) is 19.0 Å². The minimum Gasteiger partial charge on any atom is -0.465 e. The first kappa shape index (κ1) is 18.3. The van der Waals surface area contributed by atoms with Crippen molar-refractivity contribution in [2.24, 2.45) is 0 Å².